The molecule has 0 unspecified atom stereocenters. The first-order valence-electron chi connectivity index (χ1n) is 6.99. The van der Waals surface area contributed by atoms with E-state index in [0.29, 0.717) is 10.8 Å². The molecule has 0 aromatic rings. The highest BCUT2D eigenvalue weighted by molar-refractivity contribution is 5.12. The summed E-state index contributed by atoms with van der Waals surface area (Å²) < 4.78 is 0. The zero-order valence-corrected chi connectivity index (χ0v) is 10.8. The van der Waals surface area contributed by atoms with Crippen molar-refractivity contribution in [1.82, 2.24) is 0 Å². The fourth-order valence-corrected chi connectivity index (χ4v) is 5.68. The van der Waals surface area contributed by atoms with Crippen LogP contribution in [0.1, 0.15) is 59.8 Å². The van der Waals surface area contributed by atoms with E-state index in [0.717, 1.165) is 23.7 Å². The molecular weight excluding hydrogens is 180 g/mol. The smallest absolute Gasteiger partial charge is 0.0238 e. The third-order valence-electron chi connectivity index (χ3n) is 7.23. The predicted molar refractivity (Wildman–Crippen MR) is 64.6 cm³/mol. The van der Waals surface area contributed by atoms with E-state index in [1.54, 1.807) is 6.42 Å². The van der Waals surface area contributed by atoms with Crippen LogP contribution in [0.15, 0.2) is 0 Å². The molecule has 0 radical (unpaired) electrons. The first-order valence-corrected chi connectivity index (χ1v) is 6.99. The zero-order valence-electron chi connectivity index (χ0n) is 10.8. The van der Waals surface area contributed by atoms with Gasteiger partial charge in [0.15, 0.2) is 0 Å². The van der Waals surface area contributed by atoms with Gasteiger partial charge < -0.3 is 0 Å². The van der Waals surface area contributed by atoms with Gasteiger partial charge in [-0.1, -0.05) is 27.7 Å². The molecule has 0 nitrogen and oxygen atoms in total. The predicted octanol–water partition coefficient (Wildman–Crippen LogP) is 4.49. The van der Waals surface area contributed by atoms with Crippen LogP contribution in [0.5, 0.6) is 0 Å². The molecule has 0 heteroatoms. The number of hydrogen-bond acceptors (Lipinski definition) is 0. The quantitative estimate of drug-likeness (QED) is 0.547. The van der Waals surface area contributed by atoms with Crippen LogP contribution >= 0.6 is 0 Å². The molecule has 0 saturated heterocycles. The van der Waals surface area contributed by atoms with E-state index in [1.807, 2.05) is 0 Å². The molecule has 4 aliphatic carbocycles. The number of rotatable bonds is 0. The lowest BCUT2D eigenvalue weighted by Gasteiger charge is -2.69. The van der Waals surface area contributed by atoms with Crippen LogP contribution in [0.4, 0.5) is 0 Å². The van der Waals surface area contributed by atoms with Crippen molar-refractivity contribution < 1.29 is 0 Å². The van der Waals surface area contributed by atoms with E-state index in [1.165, 1.54) is 25.7 Å². The maximum atomic E-state index is 2.62. The van der Waals surface area contributed by atoms with E-state index in [4.69, 9.17) is 0 Å². The normalized spacial score (nSPS) is 63.2. The monoisotopic (exact) mass is 206 g/mol. The number of hydrogen-bond donors (Lipinski definition) is 0. The highest BCUT2D eigenvalue weighted by Crippen LogP contribution is 2.71. The molecule has 0 spiro atoms. The SMILES string of the molecule is C[C@@H]1[C@@H]2CC[C@@]3(C)[C@@H](C2)[C@@H](C)CC[C@@]13C. The third-order valence-corrected chi connectivity index (χ3v) is 7.23. The Balaban J connectivity index is 2.07. The lowest BCUT2D eigenvalue weighted by atomic mass is 9.36. The van der Waals surface area contributed by atoms with Crippen molar-refractivity contribution >= 4 is 0 Å². The Morgan fingerprint density at radius 1 is 0.933 bits per heavy atom. The topological polar surface area (TPSA) is 0 Å². The minimum atomic E-state index is 0.672. The van der Waals surface area contributed by atoms with Gasteiger partial charge in [0.2, 0.25) is 0 Å². The summed E-state index contributed by atoms with van der Waals surface area (Å²) in [7, 11) is 0. The Hall–Kier alpha value is 0. The minimum absolute atomic E-state index is 0.672. The largest absolute Gasteiger partial charge is 0.0622 e. The molecule has 4 fully saturated rings. The highest BCUT2D eigenvalue weighted by atomic mass is 14.7. The summed E-state index contributed by atoms with van der Waals surface area (Å²) in [5, 5.41) is 0. The van der Waals surface area contributed by atoms with Gasteiger partial charge in [-0.15, -0.1) is 0 Å². The maximum Gasteiger partial charge on any atom is -0.0238 e. The van der Waals surface area contributed by atoms with Crippen LogP contribution in [0.25, 0.3) is 0 Å². The van der Waals surface area contributed by atoms with Crippen molar-refractivity contribution in [2.75, 3.05) is 0 Å². The summed E-state index contributed by atoms with van der Waals surface area (Å²) in [6.07, 6.45) is 7.59. The van der Waals surface area contributed by atoms with Crippen molar-refractivity contribution in [1.29, 1.82) is 0 Å². The van der Waals surface area contributed by atoms with Crippen LogP contribution < -0.4 is 0 Å². The maximum absolute atomic E-state index is 2.62. The summed E-state index contributed by atoms with van der Waals surface area (Å²) in [4.78, 5) is 0. The Morgan fingerprint density at radius 3 is 2.33 bits per heavy atom. The van der Waals surface area contributed by atoms with Crippen LogP contribution in [-0.2, 0) is 0 Å². The average molecular weight is 206 g/mol. The Bertz CT molecular complexity index is 282. The van der Waals surface area contributed by atoms with Gasteiger partial charge in [0.05, 0.1) is 0 Å². The first-order chi connectivity index (χ1) is 6.99. The van der Waals surface area contributed by atoms with Crippen molar-refractivity contribution in [3.8, 4) is 0 Å². The molecule has 6 atom stereocenters. The van der Waals surface area contributed by atoms with Gasteiger partial charge in [-0.25, -0.2) is 0 Å². The van der Waals surface area contributed by atoms with Gasteiger partial charge in [-0.3, -0.25) is 0 Å². The van der Waals surface area contributed by atoms with Crippen molar-refractivity contribution in [2.45, 2.75) is 59.8 Å². The van der Waals surface area contributed by atoms with E-state index in [9.17, 15) is 0 Å². The first kappa shape index (κ1) is 10.2. The average Bonchev–Trinajstić information content (AvgIpc) is 2.21. The van der Waals surface area contributed by atoms with Crippen molar-refractivity contribution in [3.05, 3.63) is 0 Å². The van der Waals surface area contributed by atoms with E-state index in [2.05, 4.69) is 27.7 Å². The summed E-state index contributed by atoms with van der Waals surface area (Å²) in [6.45, 7) is 10.3. The summed E-state index contributed by atoms with van der Waals surface area (Å²) in [5.74, 6) is 4.09. The van der Waals surface area contributed by atoms with Crippen LogP contribution in [-0.4, -0.2) is 0 Å². The minimum Gasteiger partial charge on any atom is -0.0622 e. The summed E-state index contributed by atoms with van der Waals surface area (Å²) in [6, 6.07) is 0. The van der Waals surface area contributed by atoms with E-state index >= 15 is 0 Å². The second-order valence-corrected chi connectivity index (χ2v) is 7.28. The molecule has 0 heterocycles. The molecule has 0 aliphatic heterocycles. The van der Waals surface area contributed by atoms with E-state index < -0.39 is 0 Å². The lowest BCUT2D eigenvalue weighted by molar-refractivity contribution is -0.199. The molecule has 4 saturated carbocycles. The zero-order chi connectivity index (χ0) is 10.8. The van der Waals surface area contributed by atoms with Crippen molar-refractivity contribution in [2.24, 2.45) is 34.5 Å². The molecular formula is C15H26. The molecule has 0 aromatic heterocycles. The Morgan fingerprint density at radius 2 is 1.60 bits per heavy atom. The van der Waals surface area contributed by atoms with Crippen LogP contribution in [0, 0.1) is 34.5 Å². The molecule has 86 valence electrons. The molecule has 4 bridgehead atoms. The Labute approximate surface area is 94.8 Å². The molecule has 0 aromatic carbocycles. The van der Waals surface area contributed by atoms with Crippen LogP contribution in [0.3, 0.4) is 0 Å². The van der Waals surface area contributed by atoms with Gasteiger partial charge >= 0.3 is 0 Å². The Kier molecular flexibility index (Phi) is 1.91. The van der Waals surface area contributed by atoms with Gasteiger partial charge in [0.25, 0.3) is 0 Å². The molecule has 4 rings (SSSR count). The van der Waals surface area contributed by atoms with Gasteiger partial charge in [-0.05, 0) is 66.6 Å². The van der Waals surface area contributed by atoms with Gasteiger partial charge in [0.1, 0.15) is 0 Å². The van der Waals surface area contributed by atoms with E-state index in [-0.39, 0.29) is 0 Å². The molecule has 0 amide bonds. The highest BCUT2D eigenvalue weighted by Gasteiger charge is 2.63. The summed E-state index contributed by atoms with van der Waals surface area (Å²) >= 11 is 0. The van der Waals surface area contributed by atoms with Crippen molar-refractivity contribution in [3.63, 3.8) is 0 Å². The lowest BCUT2D eigenvalue weighted by Crippen LogP contribution is -2.61. The second-order valence-electron chi connectivity index (χ2n) is 7.28. The summed E-state index contributed by atoms with van der Waals surface area (Å²) in [5.41, 5.74) is 1.35. The third kappa shape index (κ3) is 0.996. The van der Waals surface area contributed by atoms with Crippen LogP contribution in [0.2, 0.25) is 0 Å². The fraction of sp³-hybridized carbons (Fsp3) is 1.00. The van der Waals surface area contributed by atoms with Gasteiger partial charge in [-0.2, -0.15) is 0 Å². The molecule has 4 aliphatic rings. The number of fused-ring (bicyclic) bond motifs is 1. The fourth-order valence-electron chi connectivity index (χ4n) is 5.68. The standard InChI is InChI=1S/C15H26/c1-10-5-7-14(3)11(2)12-6-8-15(14,4)13(10)9-12/h10-13H,5-9H2,1-4H3/t10-,11+,12+,13-,14-,15-/m0/s1. The molecule has 0 N–H and O–H groups in total. The van der Waals surface area contributed by atoms with Gasteiger partial charge in [0, 0.05) is 0 Å². The molecule has 15 heavy (non-hydrogen) atoms. The second kappa shape index (κ2) is 2.81.